The van der Waals surface area contributed by atoms with Gasteiger partial charge in [-0.05, 0) is 76.7 Å². The smallest absolute Gasteiger partial charge is 0.346 e. The molecular weight excluding hydrogens is 589 g/mol. The highest BCUT2D eigenvalue weighted by Gasteiger charge is 2.41. The standard InChI is InChI=1S/C40H24NO4P/c42-40-39(46(34-20-10-4-11-21-34,35-22-12-5-13-23-35)36-24-14-6-15-25-36)37(26-16-2-1-7-17-31-18-8-3-9-19-31)38(45-40)32-27-29-33(30-28-32)41(43)44/h3-6,8-15,18-25,27-30H. The average Bonchev–Trinajstić information content (AvgIpc) is 3.44. The van der Waals surface area contributed by atoms with E-state index in [0.29, 0.717) is 16.4 Å². The number of ether oxygens (including phenoxy) is 1. The number of esters is 1. The maximum absolute atomic E-state index is 14.3. The third kappa shape index (κ3) is 5.91. The molecule has 0 saturated heterocycles. The van der Waals surface area contributed by atoms with Crippen LogP contribution in [-0.2, 0) is 9.53 Å². The Morgan fingerprint density at radius 2 is 1.02 bits per heavy atom. The molecule has 0 amide bonds. The average molecular weight is 614 g/mol. The van der Waals surface area contributed by atoms with E-state index >= 15 is 0 Å². The molecule has 46 heavy (non-hydrogen) atoms. The number of carbonyl (C=O) groups is 1. The summed E-state index contributed by atoms with van der Waals surface area (Å²) in [7, 11) is 0. The molecule has 0 aliphatic carbocycles. The summed E-state index contributed by atoms with van der Waals surface area (Å²) >= 11 is 0. The Labute approximate surface area is 267 Å². The molecule has 0 fully saturated rings. The van der Waals surface area contributed by atoms with Crippen LogP contribution in [0.1, 0.15) is 11.1 Å². The highest BCUT2D eigenvalue weighted by Crippen LogP contribution is 2.50. The van der Waals surface area contributed by atoms with E-state index in [2.05, 4.69) is 35.5 Å². The second-order valence-corrected chi connectivity index (χ2v) is 13.4. The number of nitrogens with zero attached hydrogens (tertiary/aromatic N) is 1. The van der Waals surface area contributed by atoms with E-state index in [0.717, 1.165) is 21.5 Å². The first-order valence-corrected chi connectivity index (χ1v) is 16.1. The molecule has 6 rings (SSSR count). The molecule has 218 valence electrons. The van der Waals surface area contributed by atoms with Crippen molar-refractivity contribution in [2.75, 3.05) is 0 Å². The van der Waals surface area contributed by atoms with Gasteiger partial charge in [0.05, 0.1) is 15.8 Å². The number of cyclic esters (lactones) is 1. The van der Waals surface area contributed by atoms with Gasteiger partial charge in [0.2, 0.25) is 0 Å². The molecule has 0 spiro atoms. The zero-order valence-electron chi connectivity index (χ0n) is 24.4. The van der Waals surface area contributed by atoms with Crippen LogP contribution in [0.15, 0.2) is 151 Å². The van der Waals surface area contributed by atoms with Gasteiger partial charge in [0, 0.05) is 23.3 Å². The lowest BCUT2D eigenvalue weighted by atomic mass is 10.1. The lowest BCUT2D eigenvalue weighted by Gasteiger charge is -2.30. The third-order valence-electron chi connectivity index (χ3n) is 7.31. The Kier molecular flexibility index (Phi) is 8.76. The second-order valence-electron chi connectivity index (χ2n) is 10.0. The predicted octanol–water partition coefficient (Wildman–Crippen LogP) is 6.09. The minimum Gasteiger partial charge on any atom is -0.421 e. The molecule has 1 aliphatic heterocycles. The Bertz CT molecular complexity index is 2100. The minimum atomic E-state index is -2.90. The Hall–Kier alpha value is -6.31. The largest absolute Gasteiger partial charge is 0.421 e. The predicted molar refractivity (Wildman–Crippen MR) is 185 cm³/mol. The van der Waals surface area contributed by atoms with E-state index in [1.54, 1.807) is 12.1 Å². The van der Waals surface area contributed by atoms with E-state index in [9.17, 15) is 14.9 Å². The fraction of sp³-hybridized carbons (Fsp3) is 0. The van der Waals surface area contributed by atoms with Gasteiger partial charge >= 0.3 is 5.97 Å². The summed E-state index contributed by atoms with van der Waals surface area (Å²) in [6, 6.07) is 45.2. The summed E-state index contributed by atoms with van der Waals surface area (Å²) in [4.78, 5) is 25.2. The quantitative estimate of drug-likeness (QED) is 0.0792. The van der Waals surface area contributed by atoms with Gasteiger partial charge in [0.15, 0.2) is 5.76 Å². The molecule has 6 heteroatoms. The third-order valence-corrected chi connectivity index (χ3v) is 11.6. The van der Waals surface area contributed by atoms with Gasteiger partial charge in [0.1, 0.15) is 0 Å². The maximum Gasteiger partial charge on any atom is 0.346 e. The van der Waals surface area contributed by atoms with E-state index in [1.165, 1.54) is 12.1 Å². The molecule has 0 radical (unpaired) electrons. The molecular formula is C40H24NO4P. The highest BCUT2D eigenvalue weighted by molar-refractivity contribution is 7.97. The van der Waals surface area contributed by atoms with Crippen molar-refractivity contribution in [1.29, 1.82) is 0 Å². The lowest BCUT2D eigenvalue weighted by molar-refractivity contribution is -0.384. The van der Waals surface area contributed by atoms with Crippen molar-refractivity contribution in [1.82, 2.24) is 0 Å². The summed E-state index contributed by atoms with van der Waals surface area (Å²) in [5.41, 5.74) is 1.63. The molecule has 5 aromatic rings. The molecule has 1 heterocycles. The Morgan fingerprint density at radius 3 is 1.50 bits per heavy atom. The Morgan fingerprint density at radius 1 is 0.565 bits per heavy atom. The number of hydrogen-bond donors (Lipinski definition) is 0. The number of hydrogen-bond acceptors (Lipinski definition) is 4. The number of nitro benzene ring substituents is 1. The Balaban J connectivity index is 1.68. The van der Waals surface area contributed by atoms with Gasteiger partial charge in [-0.3, -0.25) is 10.1 Å². The van der Waals surface area contributed by atoms with Crippen LogP contribution in [0.4, 0.5) is 5.69 Å². The topological polar surface area (TPSA) is 69.4 Å². The van der Waals surface area contributed by atoms with Crippen molar-refractivity contribution in [3.8, 4) is 35.5 Å². The van der Waals surface area contributed by atoms with Crippen LogP contribution in [0.5, 0.6) is 0 Å². The zero-order chi connectivity index (χ0) is 31.8. The van der Waals surface area contributed by atoms with Crippen LogP contribution in [0.2, 0.25) is 0 Å². The molecule has 0 unspecified atom stereocenters. The first kappa shape index (κ1) is 29.7. The van der Waals surface area contributed by atoms with E-state index < -0.39 is 17.8 Å². The molecule has 0 N–H and O–H groups in total. The van der Waals surface area contributed by atoms with Crippen molar-refractivity contribution in [3.05, 3.63) is 172 Å². The van der Waals surface area contributed by atoms with Gasteiger partial charge in [-0.15, -0.1) is 0 Å². The number of nitro groups is 1. The molecule has 5 aromatic carbocycles. The number of carbonyl (C=O) groups excluding carboxylic acids is 1. The molecule has 5 nitrogen and oxygen atoms in total. The van der Waals surface area contributed by atoms with E-state index in [-0.39, 0.29) is 11.4 Å². The summed E-state index contributed by atoms with van der Waals surface area (Å²) < 4.78 is 6.06. The fourth-order valence-corrected chi connectivity index (χ4v) is 9.67. The van der Waals surface area contributed by atoms with Crippen molar-refractivity contribution >= 4 is 45.5 Å². The summed E-state index contributed by atoms with van der Waals surface area (Å²) in [6.07, 6.45) is 0. The minimum absolute atomic E-state index is 0.0759. The van der Waals surface area contributed by atoms with Crippen molar-refractivity contribution in [2.24, 2.45) is 0 Å². The number of non-ortho nitro benzene ring substituents is 1. The summed E-state index contributed by atoms with van der Waals surface area (Å²) in [6.45, 7) is -2.90. The fourth-order valence-electron chi connectivity index (χ4n) is 5.33. The van der Waals surface area contributed by atoms with Crippen LogP contribution >= 0.6 is 6.89 Å². The van der Waals surface area contributed by atoms with Gasteiger partial charge < -0.3 is 4.74 Å². The molecule has 0 bridgehead atoms. The van der Waals surface area contributed by atoms with E-state index in [4.69, 9.17) is 4.74 Å². The molecule has 0 atom stereocenters. The SMILES string of the molecule is O=C1OC(c2ccc([N+](=O)[O-])cc2)=C(C#CC#CC#Cc2ccccc2)C1=P(c1ccccc1)(c1ccccc1)c1ccccc1. The van der Waals surface area contributed by atoms with Crippen LogP contribution in [0.3, 0.4) is 0 Å². The van der Waals surface area contributed by atoms with Gasteiger partial charge in [-0.1, -0.05) is 115 Å². The number of rotatable bonds is 5. The van der Waals surface area contributed by atoms with Crippen molar-refractivity contribution in [2.45, 2.75) is 0 Å². The van der Waals surface area contributed by atoms with Crippen molar-refractivity contribution in [3.63, 3.8) is 0 Å². The first-order valence-electron chi connectivity index (χ1n) is 14.3. The number of benzene rings is 5. The molecule has 1 aliphatic rings. The summed E-state index contributed by atoms with van der Waals surface area (Å²) in [5, 5.41) is 14.7. The monoisotopic (exact) mass is 613 g/mol. The zero-order valence-corrected chi connectivity index (χ0v) is 25.3. The molecule has 0 aromatic heterocycles. The summed E-state index contributed by atoms with van der Waals surface area (Å²) in [5.74, 6) is 17.2. The normalized spacial score (nSPS) is 12.1. The van der Waals surface area contributed by atoms with Crippen LogP contribution in [0.25, 0.3) is 5.76 Å². The van der Waals surface area contributed by atoms with E-state index in [1.807, 2.05) is 121 Å². The highest BCUT2D eigenvalue weighted by atomic mass is 31.2. The first-order chi connectivity index (χ1) is 22.6. The second kappa shape index (κ2) is 13.5. The van der Waals surface area contributed by atoms with Gasteiger partial charge in [0.25, 0.3) is 5.69 Å². The lowest BCUT2D eigenvalue weighted by Crippen LogP contribution is -2.33. The van der Waals surface area contributed by atoms with Crippen LogP contribution < -0.4 is 15.9 Å². The molecule has 0 saturated carbocycles. The maximum atomic E-state index is 14.3. The van der Waals surface area contributed by atoms with Gasteiger partial charge in [-0.25, -0.2) is 4.79 Å². The van der Waals surface area contributed by atoms with Gasteiger partial charge in [-0.2, -0.15) is 0 Å². The van der Waals surface area contributed by atoms with Crippen LogP contribution in [-0.4, -0.2) is 16.2 Å². The van der Waals surface area contributed by atoms with Crippen molar-refractivity contribution < 1.29 is 14.5 Å². The van der Waals surface area contributed by atoms with Crippen LogP contribution in [0, 0.1) is 45.6 Å².